The van der Waals surface area contributed by atoms with Gasteiger partial charge in [0.15, 0.2) is 23.3 Å². The van der Waals surface area contributed by atoms with Gasteiger partial charge in [-0.3, -0.25) is 9.59 Å². The van der Waals surface area contributed by atoms with Gasteiger partial charge in [0.05, 0.1) is 23.0 Å². The highest BCUT2D eigenvalue weighted by molar-refractivity contribution is 5.92. The van der Waals surface area contributed by atoms with Crippen LogP contribution in [0.15, 0.2) is 98.1 Å². The Kier molecular flexibility index (Phi) is 14.7. The number of halogens is 4. The van der Waals surface area contributed by atoms with Crippen molar-refractivity contribution >= 4 is 35.8 Å². The van der Waals surface area contributed by atoms with Crippen LogP contribution in [0, 0.1) is 35.1 Å². The molecule has 1 saturated carbocycles. The van der Waals surface area contributed by atoms with Gasteiger partial charge in [0.1, 0.15) is 23.0 Å². The Morgan fingerprint density at radius 3 is 1.17 bits per heavy atom. The van der Waals surface area contributed by atoms with Crippen molar-refractivity contribution in [1.82, 2.24) is 0 Å². The molecule has 0 amide bonds. The van der Waals surface area contributed by atoms with Crippen LogP contribution in [0.3, 0.4) is 0 Å². The van der Waals surface area contributed by atoms with Crippen LogP contribution in [0.1, 0.15) is 46.4 Å². The molecule has 18 heteroatoms. The van der Waals surface area contributed by atoms with E-state index in [1.54, 1.807) is 0 Å². The topological polar surface area (TPSA) is 176 Å². The molecule has 5 rings (SSSR count). The van der Waals surface area contributed by atoms with Crippen LogP contribution in [-0.2, 0) is 28.7 Å². The van der Waals surface area contributed by atoms with Gasteiger partial charge < -0.3 is 37.9 Å². The van der Waals surface area contributed by atoms with E-state index in [-0.39, 0.29) is 35.5 Å². The Labute approximate surface area is 337 Å². The van der Waals surface area contributed by atoms with E-state index < -0.39 is 108 Å². The molecule has 0 spiro atoms. The molecule has 2 atom stereocenters. The third-order valence-electron chi connectivity index (χ3n) is 8.51. The lowest BCUT2D eigenvalue weighted by atomic mass is 9.79. The Morgan fingerprint density at radius 2 is 0.850 bits per heavy atom. The molecule has 0 aromatic heterocycles. The van der Waals surface area contributed by atoms with Gasteiger partial charge >= 0.3 is 35.8 Å². The number of benzene rings is 4. The lowest BCUT2D eigenvalue weighted by Gasteiger charge is -2.28. The van der Waals surface area contributed by atoms with E-state index in [9.17, 15) is 46.3 Å². The van der Waals surface area contributed by atoms with Crippen LogP contribution in [-0.4, -0.2) is 49.4 Å². The van der Waals surface area contributed by atoms with Gasteiger partial charge in [-0.2, -0.15) is 0 Å². The maximum Gasteiger partial charge on any atom is 0.343 e. The van der Waals surface area contributed by atoms with Crippen molar-refractivity contribution in [2.45, 2.75) is 25.7 Å². The molecule has 0 saturated heterocycles. The first-order valence-corrected chi connectivity index (χ1v) is 17.7. The van der Waals surface area contributed by atoms with E-state index in [0.29, 0.717) is 37.1 Å². The Hall–Kier alpha value is -7.50. The number of hydrogen-bond donors (Lipinski definition) is 0. The maximum absolute atomic E-state index is 15.0. The number of carbonyl (C=O) groups excluding carboxylic acids is 6. The predicted molar refractivity (Wildman–Crippen MR) is 196 cm³/mol. The van der Waals surface area contributed by atoms with Gasteiger partial charge in [0.25, 0.3) is 0 Å². The maximum atomic E-state index is 15.0. The molecule has 1 aliphatic carbocycles. The summed E-state index contributed by atoms with van der Waals surface area (Å²) in [5, 5.41) is 0. The molecule has 0 heterocycles. The van der Waals surface area contributed by atoms with Crippen LogP contribution in [0.25, 0.3) is 0 Å². The molecule has 60 heavy (non-hydrogen) atoms. The van der Waals surface area contributed by atoms with Gasteiger partial charge in [-0.1, -0.05) is 26.0 Å². The minimum Gasteiger partial charge on any atom is -0.457 e. The fraction of sp³-hybridized carbons (Fsp3) is 0.190. The van der Waals surface area contributed by atoms with Crippen LogP contribution < -0.4 is 28.4 Å². The summed E-state index contributed by atoms with van der Waals surface area (Å²) in [4.78, 5) is 73.8. The van der Waals surface area contributed by atoms with Gasteiger partial charge in [-0.15, -0.1) is 0 Å². The zero-order valence-electron chi connectivity index (χ0n) is 31.1. The van der Waals surface area contributed by atoms with Crippen molar-refractivity contribution in [3.05, 3.63) is 133 Å². The minimum atomic E-state index is -1.40. The van der Waals surface area contributed by atoms with Gasteiger partial charge in [-0.05, 0) is 61.4 Å². The summed E-state index contributed by atoms with van der Waals surface area (Å²) in [6, 6.07) is 12.5. The summed E-state index contributed by atoms with van der Waals surface area (Å²) >= 11 is 0. The van der Waals surface area contributed by atoms with Crippen molar-refractivity contribution in [1.29, 1.82) is 0 Å². The average molecular weight is 837 g/mol. The van der Waals surface area contributed by atoms with E-state index in [1.165, 1.54) is 48.5 Å². The molecular formula is C42H32F4O14. The molecule has 4 aromatic rings. The summed E-state index contributed by atoms with van der Waals surface area (Å²) in [5.41, 5.74) is -0.254. The summed E-state index contributed by atoms with van der Waals surface area (Å²) in [7, 11) is 0. The van der Waals surface area contributed by atoms with Crippen LogP contribution in [0.5, 0.6) is 34.5 Å². The van der Waals surface area contributed by atoms with E-state index in [1.807, 2.05) is 0 Å². The molecular weight excluding hydrogens is 804 g/mol. The third-order valence-corrected chi connectivity index (χ3v) is 8.51. The van der Waals surface area contributed by atoms with Crippen molar-refractivity contribution < 1.29 is 84.2 Å². The van der Waals surface area contributed by atoms with Crippen LogP contribution in [0.4, 0.5) is 17.6 Å². The number of esters is 6. The summed E-state index contributed by atoms with van der Waals surface area (Å²) in [6.45, 7) is 5.60. The molecule has 4 aromatic carbocycles. The Bertz CT molecular complexity index is 2090. The van der Waals surface area contributed by atoms with Crippen molar-refractivity contribution in [3.8, 4) is 34.5 Å². The standard InChI is InChI=1S/C42H32F4O14/c1-3-35(47)55-21-53-25-13-9-23(10-14-25)39(49)59-37-31(43)17-27(18-32(37)44)57-41(51)29-7-5-6-8-30(29)42(52)58-28-19-33(45)38(34(46)20-28)60-40(50)24-11-15-26(16-12-24)54-22-56-36(48)4-2/h3-4,9-20,29-30H,1-2,5-8,21-22H2/t29-,30-/m0/s1. The third kappa shape index (κ3) is 11.6. The summed E-state index contributed by atoms with van der Waals surface area (Å²) < 4.78 is 99.9. The summed E-state index contributed by atoms with van der Waals surface area (Å²) in [6.07, 6.45) is 2.98. The second kappa shape index (κ2) is 20.3. The second-order valence-electron chi connectivity index (χ2n) is 12.5. The Balaban J connectivity index is 1.17. The fourth-order valence-electron chi connectivity index (χ4n) is 5.57. The number of ether oxygens (including phenoxy) is 8. The molecule has 0 bridgehead atoms. The van der Waals surface area contributed by atoms with Gasteiger partial charge in [0.2, 0.25) is 25.1 Å². The van der Waals surface area contributed by atoms with Gasteiger partial charge in [-0.25, -0.2) is 36.7 Å². The molecule has 0 aliphatic heterocycles. The number of carbonyl (C=O) groups is 6. The molecule has 1 fully saturated rings. The molecule has 0 unspecified atom stereocenters. The summed E-state index contributed by atoms with van der Waals surface area (Å²) in [5.74, 6) is -16.9. The molecule has 0 radical (unpaired) electrons. The van der Waals surface area contributed by atoms with Crippen LogP contribution in [0.2, 0.25) is 0 Å². The zero-order chi connectivity index (χ0) is 43.3. The number of hydrogen-bond acceptors (Lipinski definition) is 14. The second-order valence-corrected chi connectivity index (χ2v) is 12.5. The molecule has 1 aliphatic rings. The predicted octanol–water partition coefficient (Wildman–Crippen LogP) is 7.13. The highest BCUT2D eigenvalue weighted by Crippen LogP contribution is 2.35. The normalized spacial score (nSPS) is 14.4. The molecule has 0 N–H and O–H groups in total. The van der Waals surface area contributed by atoms with E-state index in [0.717, 1.165) is 12.2 Å². The number of rotatable bonds is 16. The largest absolute Gasteiger partial charge is 0.457 e. The zero-order valence-corrected chi connectivity index (χ0v) is 31.1. The first-order valence-electron chi connectivity index (χ1n) is 17.7. The quantitative estimate of drug-likeness (QED) is 0.0366. The van der Waals surface area contributed by atoms with Crippen molar-refractivity contribution in [2.75, 3.05) is 13.6 Å². The van der Waals surface area contributed by atoms with Crippen molar-refractivity contribution in [3.63, 3.8) is 0 Å². The van der Waals surface area contributed by atoms with E-state index >= 15 is 0 Å². The first kappa shape index (κ1) is 43.6. The van der Waals surface area contributed by atoms with E-state index in [2.05, 4.69) is 22.6 Å². The molecule has 14 nitrogen and oxygen atoms in total. The first-order chi connectivity index (χ1) is 28.8. The smallest absolute Gasteiger partial charge is 0.343 e. The minimum absolute atomic E-state index is 0.0938. The molecule has 312 valence electrons. The van der Waals surface area contributed by atoms with Gasteiger partial charge in [0, 0.05) is 36.4 Å². The van der Waals surface area contributed by atoms with Crippen LogP contribution >= 0.6 is 0 Å². The van der Waals surface area contributed by atoms with E-state index in [4.69, 9.17) is 28.4 Å². The fourth-order valence-corrected chi connectivity index (χ4v) is 5.57. The highest BCUT2D eigenvalue weighted by atomic mass is 19.1. The monoisotopic (exact) mass is 836 g/mol. The average Bonchev–Trinajstić information content (AvgIpc) is 3.23. The van der Waals surface area contributed by atoms with Crippen molar-refractivity contribution in [2.24, 2.45) is 11.8 Å². The highest BCUT2D eigenvalue weighted by Gasteiger charge is 2.39. The lowest BCUT2D eigenvalue weighted by molar-refractivity contribution is -0.152. The Morgan fingerprint density at radius 1 is 0.517 bits per heavy atom. The lowest BCUT2D eigenvalue weighted by Crippen LogP contribution is -2.37. The SMILES string of the molecule is C=CC(=O)OCOc1ccc(C(=O)Oc2c(F)cc(OC(=O)[C@H]3CCCC[C@@H]3C(=O)Oc3cc(F)c(OC(=O)c4ccc(OCOC(=O)C=C)cc4)c(F)c3)cc2F)cc1.